The Hall–Kier alpha value is -1.24. The topological polar surface area (TPSA) is 9.23 Å². The van der Waals surface area contributed by atoms with Crippen LogP contribution in [0.1, 0.15) is 18.1 Å². The summed E-state index contributed by atoms with van der Waals surface area (Å²) in [4.78, 5) is 0. The molecule has 0 N–H and O–H groups in total. The van der Waals surface area contributed by atoms with Crippen LogP contribution >= 0.6 is 0 Å². The van der Waals surface area contributed by atoms with Crippen LogP contribution in [0.25, 0.3) is 6.08 Å². The maximum atomic E-state index is 5.49. The average molecular weight is 162 g/mol. The van der Waals surface area contributed by atoms with Gasteiger partial charge in [-0.2, -0.15) is 0 Å². The molecule has 1 heteroatoms. The molecule has 0 heterocycles. The van der Waals surface area contributed by atoms with Crippen molar-refractivity contribution in [1.29, 1.82) is 0 Å². The maximum absolute atomic E-state index is 5.49. The lowest BCUT2D eigenvalue weighted by Gasteiger charge is -2.09. The normalized spacial score (nSPS) is 9.50. The van der Waals surface area contributed by atoms with E-state index in [2.05, 4.69) is 6.58 Å². The lowest BCUT2D eigenvalue weighted by Crippen LogP contribution is -1.95. The fourth-order valence-corrected chi connectivity index (χ4v) is 1.18. The van der Waals surface area contributed by atoms with Crippen molar-refractivity contribution in [3.63, 3.8) is 0 Å². The van der Waals surface area contributed by atoms with E-state index in [1.54, 1.807) is 0 Å². The van der Waals surface area contributed by atoms with Gasteiger partial charge in [-0.3, -0.25) is 0 Å². The van der Waals surface area contributed by atoms with Crippen molar-refractivity contribution >= 4 is 6.08 Å². The van der Waals surface area contributed by atoms with E-state index in [4.69, 9.17) is 4.74 Å². The zero-order valence-corrected chi connectivity index (χ0v) is 7.63. The minimum Gasteiger partial charge on any atom is -0.493 e. The van der Waals surface area contributed by atoms with Crippen molar-refractivity contribution in [2.45, 2.75) is 13.8 Å². The molecule has 0 radical (unpaired) electrons. The molecule has 0 fully saturated rings. The summed E-state index contributed by atoms with van der Waals surface area (Å²) in [6.45, 7) is 8.46. The first-order chi connectivity index (χ1) is 5.79. The van der Waals surface area contributed by atoms with Gasteiger partial charge in [0, 0.05) is 5.56 Å². The molecule has 0 atom stereocenters. The summed E-state index contributed by atoms with van der Waals surface area (Å²) in [5.74, 6) is 0.954. The predicted molar refractivity (Wildman–Crippen MR) is 52.4 cm³/mol. The van der Waals surface area contributed by atoms with Crippen LogP contribution in [0.2, 0.25) is 0 Å². The highest BCUT2D eigenvalue weighted by molar-refractivity contribution is 5.58. The van der Waals surface area contributed by atoms with E-state index in [1.165, 1.54) is 0 Å². The minimum absolute atomic E-state index is 0.700. The Balaban J connectivity index is 3.10. The lowest BCUT2D eigenvalue weighted by atomic mass is 10.1. The van der Waals surface area contributed by atoms with E-state index in [-0.39, 0.29) is 0 Å². The van der Waals surface area contributed by atoms with E-state index in [0.717, 1.165) is 16.9 Å². The Labute approximate surface area is 73.7 Å². The third kappa shape index (κ3) is 1.67. The quantitative estimate of drug-likeness (QED) is 0.663. The molecular weight excluding hydrogens is 148 g/mol. The Kier molecular flexibility index (Phi) is 2.92. The Morgan fingerprint density at radius 2 is 2.25 bits per heavy atom. The molecule has 0 unspecified atom stereocenters. The van der Waals surface area contributed by atoms with Crippen LogP contribution in [0.15, 0.2) is 24.8 Å². The number of hydrogen-bond acceptors (Lipinski definition) is 1. The second-order valence-corrected chi connectivity index (χ2v) is 2.63. The second-order valence-electron chi connectivity index (χ2n) is 2.63. The van der Waals surface area contributed by atoms with Gasteiger partial charge in [0.15, 0.2) is 0 Å². The molecule has 0 bridgehead atoms. The molecule has 0 aliphatic carbocycles. The molecule has 1 nitrogen and oxygen atoms in total. The summed E-state index contributed by atoms with van der Waals surface area (Å²) in [6.07, 6.45) is 1.82. The third-order valence-electron chi connectivity index (χ3n) is 1.75. The highest BCUT2D eigenvalue weighted by atomic mass is 16.5. The fraction of sp³-hybridized carbons (Fsp3) is 0.273. The maximum Gasteiger partial charge on any atom is 0.129 e. The SMILES string of the molecule is C=Cc1cccc(C)c1OCC. The summed E-state index contributed by atoms with van der Waals surface area (Å²) in [5, 5.41) is 0. The molecule has 1 aromatic rings. The van der Waals surface area contributed by atoms with Gasteiger partial charge in [0.2, 0.25) is 0 Å². The number of aryl methyl sites for hydroxylation is 1. The lowest BCUT2D eigenvalue weighted by molar-refractivity contribution is 0.337. The molecule has 0 aliphatic heterocycles. The van der Waals surface area contributed by atoms with Gasteiger partial charge < -0.3 is 4.74 Å². The van der Waals surface area contributed by atoms with Crippen LogP contribution in [0, 0.1) is 6.92 Å². The first-order valence-electron chi connectivity index (χ1n) is 4.14. The highest BCUT2D eigenvalue weighted by Gasteiger charge is 2.01. The molecule has 64 valence electrons. The summed E-state index contributed by atoms with van der Waals surface area (Å²) in [6, 6.07) is 6.05. The van der Waals surface area contributed by atoms with E-state index >= 15 is 0 Å². The molecule has 0 spiro atoms. The van der Waals surface area contributed by atoms with Gasteiger partial charge in [-0.15, -0.1) is 0 Å². The monoisotopic (exact) mass is 162 g/mol. The fourth-order valence-electron chi connectivity index (χ4n) is 1.18. The van der Waals surface area contributed by atoms with E-state index in [0.29, 0.717) is 6.61 Å². The van der Waals surface area contributed by atoms with Crippen molar-refractivity contribution < 1.29 is 4.74 Å². The number of benzene rings is 1. The van der Waals surface area contributed by atoms with Crippen molar-refractivity contribution in [2.75, 3.05) is 6.61 Å². The zero-order chi connectivity index (χ0) is 8.97. The van der Waals surface area contributed by atoms with Crippen LogP contribution in [-0.2, 0) is 0 Å². The molecule has 0 aliphatic rings. The largest absolute Gasteiger partial charge is 0.493 e. The van der Waals surface area contributed by atoms with Gasteiger partial charge in [0.05, 0.1) is 6.61 Å². The number of hydrogen-bond donors (Lipinski definition) is 0. The van der Waals surface area contributed by atoms with Crippen LogP contribution in [0.3, 0.4) is 0 Å². The van der Waals surface area contributed by atoms with Crippen molar-refractivity contribution in [1.82, 2.24) is 0 Å². The van der Waals surface area contributed by atoms with E-state index in [1.807, 2.05) is 38.1 Å². The Morgan fingerprint density at radius 1 is 1.50 bits per heavy atom. The van der Waals surface area contributed by atoms with Crippen molar-refractivity contribution in [3.05, 3.63) is 35.9 Å². The summed E-state index contributed by atoms with van der Waals surface area (Å²) < 4.78 is 5.49. The van der Waals surface area contributed by atoms with Crippen LogP contribution in [0.5, 0.6) is 5.75 Å². The van der Waals surface area contributed by atoms with Crippen LogP contribution in [0.4, 0.5) is 0 Å². The Bertz CT molecular complexity index is 276. The van der Waals surface area contributed by atoms with Crippen molar-refractivity contribution in [2.24, 2.45) is 0 Å². The van der Waals surface area contributed by atoms with Crippen molar-refractivity contribution in [3.8, 4) is 5.75 Å². The first-order valence-corrected chi connectivity index (χ1v) is 4.14. The number of rotatable bonds is 3. The summed E-state index contributed by atoms with van der Waals surface area (Å²) in [7, 11) is 0. The van der Waals surface area contributed by atoms with Gasteiger partial charge in [-0.25, -0.2) is 0 Å². The number of ether oxygens (including phenoxy) is 1. The van der Waals surface area contributed by atoms with Gasteiger partial charge in [-0.1, -0.05) is 30.9 Å². The average Bonchev–Trinajstić information content (AvgIpc) is 2.09. The van der Waals surface area contributed by atoms with E-state index < -0.39 is 0 Å². The first kappa shape index (κ1) is 8.85. The van der Waals surface area contributed by atoms with Gasteiger partial charge in [0.25, 0.3) is 0 Å². The standard InChI is InChI=1S/C11H14O/c1-4-10-8-6-7-9(3)11(10)12-5-2/h4,6-8H,1,5H2,2-3H3. The zero-order valence-electron chi connectivity index (χ0n) is 7.63. The number of para-hydroxylation sites is 1. The smallest absolute Gasteiger partial charge is 0.129 e. The summed E-state index contributed by atoms with van der Waals surface area (Å²) in [5.41, 5.74) is 2.23. The summed E-state index contributed by atoms with van der Waals surface area (Å²) >= 11 is 0. The van der Waals surface area contributed by atoms with Crippen LogP contribution in [-0.4, -0.2) is 6.61 Å². The minimum atomic E-state index is 0.700. The van der Waals surface area contributed by atoms with E-state index in [9.17, 15) is 0 Å². The second kappa shape index (κ2) is 3.96. The van der Waals surface area contributed by atoms with Gasteiger partial charge >= 0.3 is 0 Å². The molecule has 12 heavy (non-hydrogen) atoms. The highest BCUT2D eigenvalue weighted by Crippen LogP contribution is 2.23. The molecule has 0 saturated carbocycles. The molecule has 1 rings (SSSR count). The molecular formula is C11H14O. The van der Waals surface area contributed by atoms with Gasteiger partial charge in [0.1, 0.15) is 5.75 Å². The Morgan fingerprint density at radius 3 is 2.83 bits per heavy atom. The van der Waals surface area contributed by atoms with Gasteiger partial charge in [-0.05, 0) is 19.4 Å². The molecule has 0 aromatic heterocycles. The third-order valence-corrected chi connectivity index (χ3v) is 1.75. The molecule has 0 amide bonds. The van der Waals surface area contributed by atoms with Crippen LogP contribution < -0.4 is 4.74 Å². The predicted octanol–water partition coefficient (Wildman–Crippen LogP) is 3.04. The molecule has 1 aromatic carbocycles. The molecule has 0 saturated heterocycles.